The zero-order valence-electron chi connectivity index (χ0n) is 17.5. The molecule has 160 valence electrons. The molecule has 0 saturated carbocycles. The Hall–Kier alpha value is -2.44. The molecular weight excluding hydrogens is 370 g/mol. The predicted molar refractivity (Wildman–Crippen MR) is 112 cm³/mol. The van der Waals surface area contributed by atoms with Gasteiger partial charge in [0.2, 0.25) is 0 Å². The molecule has 0 bridgehead atoms. The lowest BCUT2D eigenvalue weighted by Crippen LogP contribution is -2.39. The fourth-order valence-electron chi connectivity index (χ4n) is 4.13. The first-order valence-electron chi connectivity index (χ1n) is 10.7. The van der Waals surface area contributed by atoms with Crippen LogP contribution in [0.3, 0.4) is 0 Å². The fourth-order valence-corrected chi connectivity index (χ4v) is 4.13. The van der Waals surface area contributed by atoms with Crippen molar-refractivity contribution in [2.75, 3.05) is 31.5 Å². The summed E-state index contributed by atoms with van der Waals surface area (Å²) in [7, 11) is 0. The lowest BCUT2D eigenvalue weighted by atomic mass is 9.92. The number of fused-ring (bicyclic) bond motifs is 1. The first-order chi connectivity index (χ1) is 13.9. The van der Waals surface area contributed by atoms with Crippen LogP contribution in [0.25, 0.3) is 0 Å². The molecule has 2 heterocycles. The summed E-state index contributed by atoms with van der Waals surface area (Å²) in [6.45, 7) is 7.32. The number of anilines is 1. The molecule has 0 aromatic heterocycles. The standard InChI is InChI=1S/C22H33N3O4/c1-16(2)29-22(28)24-11-7-17(8-12-24)4-3-10-23-20-6-5-19-15-25(21(26)27)13-9-18(19)14-20/h5-6,14,16-17,23H,3-4,7-13,15H2,1-2H3,(H,26,27). The molecule has 1 aromatic carbocycles. The van der Waals surface area contributed by atoms with Crippen LogP contribution in [0.4, 0.5) is 15.3 Å². The van der Waals surface area contributed by atoms with Crippen molar-refractivity contribution in [3.8, 4) is 0 Å². The number of hydrogen-bond donors (Lipinski definition) is 2. The Morgan fingerprint density at radius 1 is 1.17 bits per heavy atom. The van der Waals surface area contributed by atoms with Gasteiger partial charge >= 0.3 is 12.2 Å². The van der Waals surface area contributed by atoms with Crippen molar-refractivity contribution in [3.63, 3.8) is 0 Å². The molecule has 1 saturated heterocycles. The average molecular weight is 404 g/mol. The van der Waals surface area contributed by atoms with E-state index in [0.29, 0.717) is 19.0 Å². The average Bonchev–Trinajstić information content (AvgIpc) is 2.70. The van der Waals surface area contributed by atoms with E-state index in [9.17, 15) is 9.59 Å². The summed E-state index contributed by atoms with van der Waals surface area (Å²) in [5.41, 5.74) is 3.46. The maximum atomic E-state index is 11.9. The third-order valence-corrected chi connectivity index (χ3v) is 5.82. The molecule has 0 unspecified atom stereocenters. The van der Waals surface area contributed by atoms with Crippen LogP contribution < -0.4 is 5.32 Å². The fraction of sp³-hybridized carbons (Fsp3) is 0.636. The number of carbonyl (C=O) groups excluding carboxylic acids is 1. The van der Waals surface area contributed by atoms with Gasteiger partial charge in [0.15, 0.2) is 0 Å². The minimum absolute atomic E-state index is 0.0639. The molecule has 0 spiro atoms. The highest BCUT2D eigenvalue weighted by Gasteiger charge is 2.24. The van der Waals surface area contributed by atoms with Gasteiger partial charge in [0.25, 0.3) is 0 Å². The number of piperidine rings is 1. The van der Waals surface area contributed by atoms with Crippen LogP contribution in [-0.4, -0.2) is 59.4 Å². The molecule has 7 heteroatoms. The maximum absolute atomic E-state index is 11.9. The van der Waals surface area contributed by atoms with Gasteiger partial charge in [-0.3, -0.25) is 0 Å². The number of hydrogen-bond acceptors (Lipinski definition) is 4. The van der Waals surface area contributed by atoms with Gasteiger partial charge in [-0.05, 0) is 75.1 Å². The van der Waals surface area contributed by atoms with E-state index in [1.54, 1.807) is 0 Å². The summed E-state index contributed by atoms with van der Waals surface area (Å²) in [6, 6.07) is 6.25. The Balaban J connectivity index is 1.35. The van der Waals surface area contributed by atoms with E-state index in [-0.39, 0.29) is 12.2 Å². The normalized spacial score (nSPS) is 17.2. The molecule has 2 aliphatic rings. The smallest absolute Gasteiger partial charge is 0.410 e. The van der Waals surface area contributed by atoms with Gasteiger partial charge in [-0.1, -0.05) is 6.07 Å². The van der Waals surface area contributed by atoms with Crippen LogP contribution in [0.5, 0.6) is 0 Å². The van der Waals surface area contributed by atoms with Gasteiger partial charge in [-0.15, -0.1) is 0 Å². The second kappa shape index (κ2) is 9.85. The summed E-state index contributed by atoms with van der Waals surface area (Å²) in [4.78, 5) is 26.4. The van der Waals surface area contributed by atoms with Crippen molar-refractivity contribution in [1.29, 1.82) is 0 Å². The molecule has 0 aliphatic carbocycles. The Morgan fingerprint density at radius 2 is 1.93 bits per heavy atom. The molecule has 0 radical (unpaired) electrons. The first kappa shape index (κ1) is 21.3. The van der Waals surface area contributed by atoms with Gasteiger partial charge in [0.05, 0.1) is 6.10 Å². The number of amides is 2. The lowest BCUT2D eigenvalue weighted by molar-refractivity contribution is 0.0647. The number of carbonyl (C=O) groups is 2. The van der Waals surface area contributed by atoms with Crippen molar-refractivity contribution in [2.45, 2.75) is 58.6 Å². The van der Waals surface area contributed by atoms with Gasteiger partial charge in [-0.25, -0.2) is 9.59 Å². The van der Waals surface area contributed by atoms with Crippen molar-refractivity contribution in [2.24, 2.45) is 5.92 Å². The molecule has 2 N–H and O–H groups in total. The summed E-state index contributed by atoms with van der Waals surface area (Å²) in [6.07, 6.45) is 4.04. The third-order valence-electron chi connectivity index (χ3n) is 5.82. The van der Waals surface area contributed by atoms with Crippen LogP contribution in [-0.2, 0) is 17.7 Å². The molecule has 0 atom stereocenters. The minimum atomic E-state index is -0.847. The van der Waals surface area contributed by atoms with Crippen molar-refractivity contribution in [3.05, 3.63) is 29.3 Å². The number of rotatable bonds is 6. The van der Waals surface area contributed by atoms with Crippen LogP contribution >= 0.6 is 0 Å². The number of nitrogens with zero attached hydrogens (tertiary/aromatic N) is 2. The van der Waals surface area contributed by atoms with Crippen molar-refractivity contribution in [1.82, 2.24) is 9.80 Å². The summed E-state index contributed by atoms with van der Waals surface area (Å²) in [5.74, 6) is 0.672. The van der Waals surface area contributed by atoms with Crippen molar-refractivity contribution >= 4 is 17.9 Å². The highest BCUT2D eigenvalue weighted by molar-refractivity contribution is 5.68. The summed E-state index contributed by atoms with van der Waals surface area (Å²) < 4.78 is 5.27. The SMILES string of the molecule is CC(C)OC(=O)N1CCC(CCCNc2ccc3c(c2)CCN(C(=O)O)C3)CC1. The maximum Gasteiger partial charge on any atom is 0.410 e. The number of ether oxygens (including phenoxy) is 1. The molecule has 3 rings (SSSR count). The third kappa shape index (κ3) is 6.02. The first-order valence-corrected chi connectivity index (χ1v) is 10.7. The van der Waals surface area contributed by atoms with Gasteiger partial charge in [0, 0.05) is 38.4 Å². The molecule has 1 aromatic rings. The number of nitrogens with one attached hydrogen (secondary N) is 1. The topological polar surface area (TPSA) is 82.1 Å². The number of likely N-dealkylation sites (tertiary alicyclic amines) is 1. The monoisotopic (exact) mass is 403 g/mol. The van der Waals surface area contributed by atoms with Crippen LogP contribution in [0, 0.1) is 5.92 Å². The number of carboxylic acid groups (broad SMARTS) is 1. The van der Waals surface area contributed by atoms with Gasteiger partial charge in [-0.2, -0.15) is 0 Å². The van der Waals surface area contributed by atoms with E-state index in [4.69, 9.17) is 9.84 Å². The Morgan fingerprint density at radius 3 is 2.62 bits per heavy atom. The van der Waals surface area contributed by atoms with Crippen LogP contribution in [0.2, 0.25) is 0 Å². The Labute approximate surface area is 173 Å². The van der Waals surface area contributed by atoms with Crippen LogP contribution in [0.15, 0.2) is 18.2 Å². The summed E-state index contributed by atoms with van der Waals surface area (Å²) in [5, 5.41) is 12.6. The Bertz CT molecular complexity index is 714. The quantitative estimate of drug-likeness (QED) is 0.697. The zero-order valence-corrected chi connectivity index (χ0v) is 17.5. The van der Waals surface area contributed by atoms with Crippen molar-refractivity contribution < 1.29 is 19.4 Å². The minimum Gasteiger partial charge on any atom is -0.465 e. The van der Waals surface area contributed by atoms with E-state index in [1.165, 1.54) is 16.9 Å². The van der Waals surface area contributed by atoms with Crippen LogP contribution in [0.1, 0.15) is 50.7 Å². The number of benzene rings is 1. The zero-order chi connectivity index (χ0) is 20.8. The van der Waals surface area contributed by atoms with E-state index >= 15 is 0 Å². The Kier molecular flexibility index (Phi) is 7.23. The largest absolute Gasteiger partial charge is 0.465 e. The molecule has 29 heavy (non-hydrogen) atoms. The lowest BCUT2D eigenvalue weighted by Gasteiger charge is -2.31. The molecule has 1 fully saturated rings. The molecule has 2 aliphatic heterocycles. The second-order valence-electron chi connectivity index (χ2n) is 8.37. The molecular formula is C22H33N3O4. The van der Waals surface area contributed by atoms with E-state index in [1.807, 2.05) is 30.9 Å². The van der Waals surface area contributed by atoms with Gasteiger partial charge < -0.3 is 25.0 Å². The van der Waals surface area contributed by atoms with Gasteiger partial charge in [0.1, 0.15) is 0 Å². The highest BCUT2D eigenvalue weighted by Crippen LogP contribution is 2.24. The van der Waals surface area contributed by atoms with E-state index in [2.05, 4.69) is 11.4 Å². The van der Waals surface area contributed by atoms with E-state index < -0.39 is 6.09 Å². The predicted octanol–water partition coefficient (Wildman–Crippen LogP) is 4.17. The summed E-state index contributed by atoms with van der Waals surface area (Å²) >= 11 is 0. The molecule has 7 nitrogen and oxygen atoms in total. The highest BCUT2D eigenvalue weighted by atomic mass is 16.6. The molecule has 2 amide bonds. The second-order valence-corrected chi connectivity index (χ2v) is 8.37. The van der Waals surface area contributed by atoms with E-state index in [0.717, 1.165) is 56.6 Å².